The van der Waals surface area contributed by atoms with Crippen molar-refractivity contribution >= 4 is 39.6 Å². The minimum absolute atomic E-state index is 0.155. The molecule has 8 nitrogen and oxygen atoms in total. The minimum Gasteiger partial charge on any atom is -0.300 e. The molecule has 27 heavy (non-hydrogen) atoms. The molecule has 0 saturated carbocycles. The standard InChI is InChI=1S/C14H10F3N5O3S2/c15-14(16,17)10-5-18-13(27-10)19-11(23)6-22-4-3-7(20-22)8-1-2-9(26-8)12(24)21-25/h1-5,25H,6H2,(H,21,24)(H,18,19,23). The van der Waals surface area contributed by atoms with Gasteiger partial charge in [0.05, 0.1) is 16.0 Å². The third-order valence-electron chi connectivity index (χ3n) is 3.16. The fourth-order valence-corrected chi connectivity index (χ4v) is 3.56. The van der Waals surface area contributed by atoms with Crippen molar-refractivity contribution in [1.82, 2.24) is 20.2 Å². The molecule has 0 bridgehead atoms. The van der Waals surface area contributed by atoms with Gasteiger partial charge < -0.3 is 5.32 Å². The Labute approximate surface area is 157 Å². The molecule has 0 aliphatic rings. The largest absolute Gasteiger partial charge is 0.427 e. The predicted molar refractivity (Wildman–Crippen MR) is 90.5 cm³/mol. The zero-order chi connectivity index (χ0) is 19.6. The van der Waals surface area contributed by atoms with Crippen LogP contribution < -0.4 is 10.8 Å². The molecular weight excluding hydrogens is 407 g/mol. The summed E-state index contributed by atoms with van der Waals surface area (Å²) in [4.78, 5) is 26.8. The van der Waals surface area contributed by atoms with Gasteiger partial charge in [-0.3, -0.25) is 19.5 Å². The molecule has 0 aliphatic carbocycles. The lowest BCUT2D eigenvalue weighted by molar-refractivity contribution is -0.134. The van der Waals surface area contributed by atoms with Gasteiger partial charge >= 0.3 is 6.18 Å². The van der Waals surface area contributed by atoms with Crippen molar-refractivity contribution in [2.75, 3.05) is 5.32 Å². The molecule has 0 aliphatic heterocycles. The van der Waals surface area contributed by atoms with Gasteiger partial charge in [0.25, 0.3) is 5.91 Å². The van der Waals surface area contributed by atoms with E-state index in [1.807, 2.05) is 0 Å². The van der Waals surface area contributed by atoms with Crippen LogP contribution in [0, 0.1) is 0 Å². The third-order valence-corrected chi connectivity index (χ3v) is 5.23. The van der Waals surface area contributed by atoms with Crippen LogP contribution in [0.3, 0.4) is 0 Å². The zero-order valence-corrected chi connectivity index (χ0v) is 14.8. The molecule has 0 radical (unpaired) electrons. The summed E-state index contributed by atoms with van der Waals surface area (Å²) in [5, 5.41) is 14.9. The smallest absolute Gasteiger partial charge is 0.300 e. The number of carbonyl (C=O) groups is 2. The van der Waals surface area contributed by atoms with Crippen LogP contribution in [-0.2, 0) is 17.5 Å². The first-order valence-corrected chi connectivity index (χ1v) is 8.80. The van der Waals surface area contributed by atoms with E-state index in [0.29, 0.717) is 28.1 Å². The molecule has 2 amide bonds. The molecule has 0 atom stereocenters. The van der Waals surface area contributed by atoms with Gasteiger partial charge in [0.15, 0.2) is 5.13 Å². The number of hydrogen-bond acceptors (Lipinski definition) is 7. The highest BCUT2D eigenvalue weighted by atomic mass is 32.1. The Morgan fingerprint density at radius 1 is 1.22 bits per heavy atom. The van der Waals surface area contributed by atoms with Gasteiger partial charge in [-0.2, -0.15) is 18.3 Å². The van der Waals surface area contributed by atoms with Crippen LogP contribution >= 0.6 is 22.7 Å². The van der Waals surface area contributed by atoms with Crippen LogP contribution in [-0.4, -0.2) is 31.8 Å². The molecule has 3 rings (SSSR count). The summed E-state index contributed by atoms with van der Waals surface area (Å²) >= 11 is 1.43. The molecule has 142 valence electrons. The predicted octanol–water partition coefficient (Wildman–Crippen LogP) is 2.84. The van der Waals surface area contributed by atoms with E-state index in [1.54, 1.807) is 12.1 Å². The molecule has 3 aromatic rings. The number of carbonyl (C=O) groups excluding carboxylic acids is 2. The van der Waals surface area contributed by atoms with E-state index in [9.17, 15) is 22.8 Å². The van der Waals surface area contributed by atoms with Gasteiger partial charge in [0.1, 0.15) is 17.1 Å². The average Bonchev–Trinajstić information content (AvgIpc) is 3.33. The van der Waals surface area contributed by atoms with Crippen LogP contribution in [0.15, 0.2) is 30.6 Å². The van der Waals surface area contributed by atoms with E-state index < -0.39 is 22.9 Å². The number of nitrogens with zero attached hydrogens (tertiary/aromatic N) is 3. The Morgan fingerprint density at radius 2 is 2.00 bits per heavy atom. The van der Waals surface area contributed by atoms with Crippen molar-refractivity contribution in [2.45, 2.75) is 12.7 Å². The highest BCUT2D eigenvalue weighted by Crippen LogP contribution is 2.35. The second-order valence-corrected chi connectivity index (χ2v) is 7.19. The number of thiophene rings is 1. The topological polar surface area (TPSA) is 109 Å². The van der Waals surface area contributed by atoms with E-state index in [2.05, 4.69) is 15.4 Å². The molecule has 0 unspecified atom stereocenters. The summed E-state index contributed by atoms with van der Waals surface area (Å²) in [6.07, 6.45) is -2.34. The molecule has 3 N–H and O–H groups in total. The number of hydrogen-bond donors (Lipinski definition) is 3. The maximum absolute atomic E-state index is 12.5. The summed E-state index contributed by atoms with van der Waals surface area (Å²) in [6, 6.07) is 4.76. The van der Waals surface area contributed by atoms with E-state index in [1.165, 1.54) is 22.4 Å². The van der Waals surface area contributed by atoms with Crippen molar-refractivity contribution in [1.29, 1.82) is 0 Å². The van der Waals surface area contributed by atoms with Crippen LogP contribution in [0.25, 0.3) is 10.6 Å². The second-order valence-electron chi connectivity index (χ2n) is 5.08. The quantitative estimate of drug-likeness (QED) is 0.437. The van der Waals surface area contributed by atoms with Crippen molar-refractivity contribution in [3.63, 3.8) is 0 Å². The van der Waals surface area contributed by atoms with Crippen molar-refractivity contribution < 1.29 is 28.0 Å². The molecule has 3 aromatic heterocycles. The lowest BCUT2D eigenvalue weighted by Crippen LogP contribution is -2.18. The summed E-state index contributed by atoms with van der Waals surface area (Å²) < 4.78 is 38.9. The summed E-state index contributed by atoms with van der Waals surface area (Å²) in [5.41, 5.74) is 2.03. The first-order chi connectivity index (χ1) is 12.8. The Morgan fingerprint density at radius 3 is 2.67 bits per heavy atom. The average molecular weight is 417 g/mol. The molecule has 3 heterocycles. The Kier molecular flexibility index (Phi) is 5.25. The number of hydroxylamine groups is 1. The maximum Gasteiger partial charge on any atom is 0.427 e. The monoisotopic (exact) mass is 417 g/mol. The number of thiazole rings is 1. The molecule has 0 saturated heterocycles. The highest BCUT2D eigenvalue weighted by Gasteiger charge is 2.33. The summed E-state index contributed by atoms with van der Waals surface area (Å²) in [7, 11) is 0. The number of rotatable bonds is 5. The first kappa shape index (κ1) is 19.0. The number of aromatic nitrogens is 3. The van der Waals surface area contributed by atoms with Gasteiger partial charge in [0.2, 0.25) is 5.91 Å². The minimum atomic E-state index is -4.51. The number of anilines is 1. The molecule has 0 aromatic carbocycles. The third kappa shape index (κ3) is 4.50. The Hall–Kier alpha value is -2.77. The number of halogens is 3. The normalized spacial score (nSPS) is 11.4. The lowest BCUT2D eigenvalue weighted by atomic mass is 10.3. The molecule has 0 fully saturated rings. The Bertz CT molecular complexity index is 979. The van der Waals surface area contributed by atoms with Crippen molar-refractivity contribution in [2.24, 2.45) is 0 Å². The van der Waals surface area contributed by atoms with Gasteiger partial charge in [-0.05, 0) is 18.2 Å². The van der Waals surface area contributed by atoms with Crippen LogP contribution in [0.2, 0.25) is 0 Å². The second kappa shape index (κ2) is 7.46. The van der Waals surface area contributed by atoms with Gasteiger partial charge in [-0.15, -0.1) is 11.3 Å². The maximum atomic E-state index is 12.5. The van der Waals surface area contributed by atoms with Gasteiger partial charge in [-0.25, -0.2) is 10.5 Å². The molecule has 13 heteroatoms. The van der Waals surface area contributed by atoms with E-state index in [-0.39, 0.29) is 16.6 Å². The number of alkyl halides is 3. The summed E-state index contributed by atoms with van der Waals surface area (Å²) in [6.45, 7) is -0.226. The van der Waals surface area contributed by atoms with Crippen LogP contribution in [0.4, 0.5) is 18.3 Å². The summed E-state index contributed by atoms with van der Waals surface area (Å²) in [5.74, 6) is -1.23. The SMILES string of the molecule is O=C(Cn1ccc(-c2ccc(C(=O)NO)s2)n1)Nc1ncc(C(F)(F)F)s1. The van der Waals surface area contributed by atoms with E-state index in [4.69, 9.17) is 5.21 Å². The number of amides is 2. The zero-order valence-electron chi connectivity index (χ0n) is 13.1. The molecular formula is C14H10F3N5O3S2. The van der Waals surface area contributed by atoms with Crippen molar-refractivity contribution in [3.8, 4) is 10.6 Å². The first-order valence-electron chi connectivity index (χ1n) is 7.17. The van der Waals surface area contributed by atoms with Crippen LogP contribution in [0.5, 0.6) is 0 Å². The number of nitrogens with one attached hydrogen (secondary N) is 2. The van der Waals surface area contributed by atoms with Crippen LogP contribution in [0.1, 0.15) is 14.5 Å². The van der Waals surface area contributed by atoms with Gasteiger partial charge in [0, 0.05) is 6.20 Å². The fourth-order valence-electron chi connectivity index (χ4n) is 2.00. The van der Waals surface area contributed by atoms with E-state index >= 15 is 0 Å². The molecule has 0 spiro atoms. The van der Waals surface area contributed by atoms with E-state index in [0.717, 1.165) is 11.3 Å². The highest BCUT2D eigenvalue weighted by molar-refractivity contribution is 7.17. The van der Waals surface area contributed by atoms with Crippen molar-refractivity contribution in [3.05, 3.63) is 40.3 Å². The fraction of sp³-hybridized carbons (Fsp3) is 0.143. The lowest BCUT2D eigenvalue weighted by Gasteiger charge is -2.02. The van der Waals surface area contributed by atoms with Gasteiger partial charge in [-0.1, -0.05) is 11.3 Å². The Balaban J connectivity index is 1.63.